The second-order valence-corrected chi connectivity index (χ2v) is 7.18. The number of anilines is 2. The van der Waals surface area contributed by atoms with Crippen molar-refractivity contribution in [1.82, 2.24) is 0 Å². The van der Waals surface area contributed by atoms with E-state index in [-0.39, 0.29) is 31.2 Å². The molecule has 146 valence electrons. The zero-order valence-electron chi connectivity index (χ0n) is 14.7. The highest BCUT2D eigenvalue weighted by Gasteiger charge is 2.33. The third-order valence-electron chi connectivity index (χ3n) is 4.25. The lowest BCUT2D eigenvalue weighted by atomic mass is 10.1. The van der Waals surface area contributed by atoms with Gasteiger partial charge in [-0.1, -0.05) is 15.9 Å². The standard InChI is InChI=1S/C19H17BrFN3O4/c20-12-1-6-16(15(21)8-12)23-17(25)10-28-14-4-2-13(3-5-14)24-9-11(19(22)27)7-18(24)26/h1-6,8,11H,7,9-10H2,(H2,22,27)(H,23,25)/t11-/m1/s1. The Labute approximate surface area is 168 Å². The summed E-state index contributed by atoms with van der Waals surface area (Å²) in [6.45, 7) is -0.0588. The van der Waals surface area contributed by atoms with Crippen molar-refractivity contribution in [2.24, 2.45) is 11.7 Å². The Kier molecular flexibility index (Phi) is 5.93. The summed E-state index contributed by atoms with van der Waals surface area (Å²) in [4.78, 5) is 36.7. The van der Waals surface area contributed by atoms with Gasteiger partial charge >= 0.3 is 0 Å². The summed E-state index contributed by atoms with van der Waals surface area (Å²) >= 11 is 3.14. The van der Waals surface area contributed by atoms with Gasteiger partial charge < -0.3 is 20.7 Å². The molecule has 0 radical (unpaired) electrons. The van der Waals surface area contributed by atoms with Crippen LogP contribution in [0.5, 0.6) is 5.75 Å². The molecule has 0 bridgehead atoms. The second kappa shape index (κ2) is 8.39. The van der Waals surface area contributed by atoms with E-state index in [1.807, 2.05) is 0 Å². The number of hydrogen-bond donors (Lipinski definition) is 2. The number of benzene rings is 2. The summed E-state index contributed by atoms with van der Waals surface area (Å²) in [5.74, 6) is -1.82. The third-order valence-corrected chi connectivity index (χ3v) is 4.74. The Hall–Kier alpha value is -2.94. The molecule has 3 amide bonds. The van der Waals surface area contributed by atoms with E-state index >= 15 is 0 Å². The Bertz CT molecular complexity index is 920. The number of halogens is 2. The van der Waals surface area contributed by atoms with Gasteiger partial charge in [-0.15, -0.1) is 0 Å². The van der Waals surface area contributed by atoms with Crippen LogP contribution in [0, 0.1) is 11.7 Å². The number of nitrogens with two attached hydrogens (primary N) is 1. The summed E-state index contributed by atoms with van der Waals surface area (Å²) in [5, 5.41) is 2.43. The minimum absolute atomic E-state index is 0.0590. The minimum atomic E-state index is -0.559. The van der Waals surface area contributed by atoms with Crippen molar-refractivity contribution in [3.63, 3.8) is 0 Å². The average Bonchev–Trinajstić information content (AvgIpc) is 3.05. The van der Waals surface area contributed by atoms with Crippen LogP contribution in [-0.2, 0) is 14.4 Å². The van der Waals surface area contributed by atoms with Crippen molar-refractivity contribution in [1.29, 1.82) is 0 Å². The fourth-order valence-corrected chi connectivity index (χ4v) is 3.13. The Morgan fingerprint density at radius 1 is 1.25 bits per heavy atom. The van der Waals surface area contributed by atoms with Crippen molar-refractivity contribution >= 4 is 45.0 Å². The van der Waals surface area contributed by atoms with E-state index in [9.17, 15) is 18.8 Å². The van der Waals surface area contributed by atoms with Gasteiger partial charge in [-0.05, 0) is 42.5 Å². The predicted molar refractivity (Wildman–Crippen MR) is 104 cm³/mol. The van der Waals surface area contributed by atoms with E-state index in [2.05, 4.69) is 21.2 Å². The monoisotopic (exact) mass is 449 g/mol. The van der Waals surface area contributed by atoms with Gasteiger partial charge in [0.1, 0.15) is 11.6 Å². The number of carbonyl (C=O) groups is 3. The molecule has 0 aliphatic carbocycles. The van der Waals surface area contributed by atoms with Crippen molar-refractivity contribution in [2.45, 2.75) is 6.42 Å². The lowest BCUT2D eigenvalue weighted by Crippen LogP contribution is -2.28. The van der Waals surface area contributed by atoms with E-state index in [1.54, 1.807) is 30.3 Å². The van der Waals surface area contributed by atoms with Gasteiger partial charge in [-0.2, -0.15) is 0 Å². The molecule has 7 nitrogen and oxygen atoms in total. The van der Waals surface area contributed by atoms with Crippen LogP contribution >= 0.6 is 15.9 Å². The maximum absolute atomic E-state index is 13.7. The molecule has 1 aliphatic heterocycles. The highest BCUT2D eigenvalue weighted by molar-refractivity contribution is 9.10. The van der Waals surface area contributed by atoms with E-state index in [1.165, 1.54) is 17.0 Å². The molecule has 3 rings (SSSR count). The molecule has 28 heavy (non-hydrogen) atoms. The first-order valence-corrected chi connectivity index (χ1v) is 9.20. The van der Waals surface area contributed by atoms with Crippen LogP contribution in [0.4, 0.5) is 15.8 Å². The van der Waals surface area contributed by atoms with Gasteiger partial charge in [0.25, 0.3) is 5.91 Å². The van der Waals surface area contributed by atoms with Gasteiger partial charge in [0, 0.05) is 23.1 Å². The van der Waals surface area contributed by atoms with Crippen LogP contribution in [0.1, 0.15) is 6.42 Å². The van der Waals surface area contributed by atoms with E-state index in [0.29, 0.717) is 15.9 Å². The number of ether oxygens (including phenoxy) is 1. The van der Waals surface area contributed by atoms with Crippen molar-refractivity contribution < 1.29 is 23.5 Å². The summed E-state index contributed by atoms with van der Waals surface area (Å²) in [6.07, 6.45) is 0.0976. The third kappa shape index (κ3) is 4.66. The van der Waals surface area contributed by atoms with Crippen molar-refractivity contribution in [3.05, 3.63) is 52.8 Å². The number of primary amides is 1. The molecule has 1 heterocycles. The zero-order valence-corrected chi connectivity index (χ0v) is 16.2. The lowest BCUT2D eigenvalue weighted by molar-refractivity contribution is -0.123. The molecule has 2 aromatic rings. The number of hydrogen-bond acceptors (Lipinski definition) is 4. The van der Waals surface area contributed by atoms with Gasteiger partial charge in [0.15, 0.2) is 6.61 Å². The zero-order chi connectivity index (χ0) is 20.3. The molecule has 2 aromatic carbocycles. The van der Waals surface area contributed by atoms with E-state index < -0.39 is 23.5 Å². The fourth-order valence-electron chi connectivity index (χ4n) is 2.80. The number of nitrogens with one attached hydrogen (secondary N) is 1. The molecule has 1 fully saturated rings. The summed E-state index contributed by atoms with van der Waals surface area (Å²) in [7, 11) is 0. The highest BCUT2D eigenvalue weighted by Crippen LogP contribution is 2.26. The Balaban J connectivity index is 1.55. The Morgan fingerprint density at radius 2 is 1.96 bits per heavy atom. The summed E-state index contributed by atoms with van der Waals surface area (Å²) in [6, 6.07) is 10.8. The van der Waals surface area contributed by atoms with Crippen molar-refractivity contribution in [2.75, 3.05) is 23.4 Å². The first-order chi connectivity index (χ1) is 13.3. The van der Waals surface area contributed by atoms with Crippen LogP contribution < -0.4 is 20.7 Å². The number of carbonyl (C=O) groups excluding carboxylic acids is 3. The molecule has 1 atom stereocenters. The Morgan fingerprint density at radius 3 is 2.57 bits per heavy atom. The maximum atomic E-state index is 13.7. The molecule has 0 saturated carbocycles. The molecule has 0 aromatic heterocycles. The largest absolute Gasteiger partial charge is 0.484 e. The molecule has 0 unspecified atom stereocenters. The quantitative estimate of drug-likeness (QED) is 0.706. The van der Waals surface area contributed by atoms with Gasteiger partial charge in [-0.3, -0.25) is 14.4 Å². The minimum Gasteiger partial charge on any atom is -0.484 e. The van der Waals surface area contributed by atoms with Gasteiger partial charge in [-0.25, -0.2) is 4.39 Å². The molecule has 1 saturated heterocycles. The van der Waals surface area contributed by atoms with E-state index in [4.69, 9.17) is 10.5 Å². The van der Waals surface area contributed by atoms with Gasteiger partial charge in [0.05, 0.1) is 11.6 Å². The number of rotatable bonds is 6. The van der Waals surface area contributed by atoms with Crippen LogP contribution in [-0.4, -0.2) is 30.9 Å². The van der Waals surface area contributed by atoms with Crippen LogP contribution in [0.25, 0.3) is 0 Å². The van der Waals surface area contributed by atoms with Crippen LogP contribution in [0.3, 0.4) is 0 Å². The predicted octanol–water partition coefficient (Wildman–Crippen LogP) is 2.44. The fraction of sp³-hybridized carbons (Fsp3) is 0.211. The van der Waals surface area contributed by atoms with Crippen LogP contribution in [0.2, 0.25) is 0 Å². The molecule has 1 aliphatic rings. The molecule has 3 N–H and O–H groups in total. The topological polar surface area (TPSA) is 102 Å². The SMILES string of the molecule is NC(=O)[C@@H]1CC(=O)N(c2ccc(OCC(=O)Nc3ccc(Br)cc3F)cc2)C1. The maximum Gasteiger partial charge on any atom is 0.262 e. The highest BCUT2D eigenvalue weighted by atomic mass is 79.9. The first-order valence-electron chi connectivity index (χ1n) is 8.41. The molecular weight excluding hydrogens is 433 g/mol. The van der Waals surface area contributed by atoms with E-state index in [0.717, 1.165) is 0 Å². The average molecular weight is 450 g/mol. The normalized spacial score (nSPS) is 16.1. The second-order valence-electron chi connectivity index (χ2n) is 6.26. The summed E-state index contributed by atoms with van der Waals surface area (Å²) in [5.41, 5.74) is 5.94. The molecular formula is C19H17BrFN3O4. The summed E-state index contributed by atoms with van der Waals surface area (Å²) < 4.78 is 19.7. The van der Waals surface area contributed by atoms with Crippen LogP contribution in [0.15, 0.2) is 46.9 Å². The molecule has 9 heteroatoms. The first kappa shape index (κ1) is 19.8. The molecule has 0 spiro atoms. The number of amides is 3. The smallest absolute Gasteiger partial charge is 0.262 e. The number of nitrogens with zero attached hydrogens (tertiary/aromatic N) is 1. The lowest BCUT2D eigenvalue weighted by Gasteiger charge is -2.16. The van der Waals surface area contributed by atoms with Crippen molar-refractivity contribution in [3.8, 4) is 5.75 Å². The van der Waals surface area contributed by atoms with Gasteiger partial charge in [0.2, 0.25) is 11.8 Å².